The zero-order valence-corrected chi connectivity index (χ0v) is 10.8. The lowest BCUT2D eigenvalue weighted by molar-refractivity contribution is -0.128. The number of rotatable bonds is 1. The summed E-state index contributed by atoms with van der Waals surface area (Å²) in [5, 5.41) is 0. The highest BCUT2D eigenvalue weighted by Gasteiger charge is 2.37. The van der Waals surface area contributed by atoms with Crippen LogP contribution in [0.2, 0.25) is 0 Å². The molecule has 2 aliphatic rings. The maximum absolute atomic E-state index is 11.6. The Labute approximate surface area is 113 Å². The molecule has 0 N–H and O–H groups in total. The molecule has 0 bridgehead atoms. The van der Waals surface area contributed by atoms with Gasteiger partial charge in [-0.25, -0.2) is 0 Å². The Morgan fingerprint density at radius 2 is 2.05 bits per heavy atom. The van der Waals surface area contributed by atoms with E-state index in [-0.39, 0.29) is 11.5 Å². The first-order chi connectivity index (χ1) is 9.22. The number of hydrogen-bond donors (Lipinski definition) is 0. The summed E-state index contributed by atoms with van der Waals surface area (Å²) in [5.74, 6) is 0.948. The summed E-state index contributed by atoms with van der Waals surface area (Å²) in [5.41, 5.74) is 0.879. The number of amides is 1. The molecule has 0 radical (unpaired) electrons. The van der Waals surface area contributed by atoms with E-state index in [4.69, 9.17) is 4.74 Å². The largest absolute Gasteiger partial charge is 0.482 e. The molecule has 1 fully saturated rings. The molecule has 1 saturated heterocycles. The van der Waals surface area contributed by atoms with Gasteiger partial charge in [-0.1, -0.05) is 30.9 Å². The van der Waals surface area contributed by atoms with Crippen molar-refractivity contribution in [1.82, 2.24) is 4.90 Å². The molecule has 1 aromatic carbocycles. The Balaban J connectivity index is 1.75. The lowest BCUT2D eigenvalue weighted by Crippen LogP contribution is -2.49. The maximum atomic E-state index is 11.6. The molecule has 1 aromatic rings. The molecule has 0 saturated carbocycles. The summed E-state index contributed by atoms with van der Waals surface area (Å²) in [4.78, 5) is 13.4. The number of piperidine rings is 1. The van der Waals surface area contributed by atoms with Gasteiger partial charge >= 0.3 is 0 Å². The molecule has 98 valence electrons. The van der Waals surface area contributed by atoms with Crippen LogP contribution in [0.4, 0.5) is 0 Å². The van der Waals surface area contributed by atoms with Gasteiger partial charge in [0.25, 0.3) is 0 Å². The van der Waals surface area contributed by atoms with Crippen LogP contribution in [-0.2, 0) is 4.79 Å². The standard InChI is InChI=1S/C16H17NO2/c1-2-15(18)17-11-9-16(10-12-17)8-7-13-5-3-4-6-14(13)19-16/h2-8H,1,9-12H2. The number of hydrogen-bond acceptors (Lipinski definition) is 2. The van der Waals surface area contributed by atoms with E-state index < -0.39 is 0 Å². The summed E-state index contributed by atoms with van der Waals surface area (Å²) in [6.45, 7) is 4.97. The minimum Gasteiger partial charge on any atom is -0.482 e. The maximum Gasteiger partial charge on any atom is 0.245 e. The van der Waals surface area contributed by atoms with Gasteiger partial charge in [-0.2, -0.15) is 0 Å². The molecule has 0 aliphatic carbocycles. The first-order valence-corrected chi connectivity index (χ1v) is 6.61. The number of benzene rings is 1. The third-order valence-electron chi connectivity index (χ3n) is 3.89. The summed E-state index contributed by atoms with van der Waals surface area (Å²) in [6, 6.07) is 8.05. The molecule has 2 aliphatic heterocycles. The Morgan fingerprint density at radius 3 is 2.79 bits per heavy atom. The van der Waals surface area contributed by atoms with E-state index in [0.717, 1.165) is 37.2 Å². The van der Waals surface area contributed by atoms with E-state index >= 15 is 0 Å². The second-order valence-corrected chi connectivity index (χ2v) is 5.07. The van der Waals surface area contributed by atoms with Crippen LogP contribution in [0.3, 0.4) is 0 Å². The van der Waals surface area contributed by atoms with Gasteiger partial charge in [-0.05, 0) is 18.2 Å². The van der Waals surface area contributed by atoms with Gasteiger partial charge in [-0.3, -0.25) is 4.79 Å². The van der Waals surface area contributed by atoms with E-state index in [2.05, 4.69) is 24.8 Å². The van der Waals surface area contributed by atoms with Gasteiger partial charge in [0.2, 0.25) is 5.91 Å². The Bertz CT molecular complexity index is 539. The van der Waals surface area contributed by atoms with E-state index in [9.17, 15) is 4.79 Å². The number of ether oxygens (including phenoxy) is 1. The van der Waals surface area contributed by atoms with Crippen LogP contribution < -0.4 is 4.74 Å². The van der Waals surface area contributed by atoms with Crippen molar-refractivity contribution >= 4 is 12.0 Å². The van der Waals surface area contributed by atoms with Gasteiger partial charge < -0.3 is 9.64 Å². The first kappa shape index (κ1) is 12.0. The third-order valence-corrected chi connectivity index (χ3v) is 3.89. The summed E-state index contributed by atoms with van der Waals surface area (Å²) < 4.78 is 6.17. The fourth-order valence-electron chi connectivity index (χ4n) is 2.71. The van der Waals surface area contributed by atoms with Crippen LogP contribution in [0.15, 0.2) is 43.0 Å². The number of fused-ring (bicyclic) bond motifs is 1. The van der Waals surface area contributed by atoms with E-state index in [1.54, 1.807) is 0 Å². The van der Waals surface area contributed by atoms with Crippen molar-refractivity contribution < 1.29 is 9.53 Å². The van der Waals surface area contributed by atoms with Gasteiger partial charge in [0.05, 0.1) is 0 Å². The van der Waals surface area contributed by atoms with E-state index in [1.807, 2.05) is 23.1 Å². The molecule has 1 spiro atoms. The van der Waals surface area contributed by atoms with E-state index in [1.165, 1.54) is 6.08 Å². The Kier molecular flexibility index (Phi) is 2.90. The average Bonchev–Trinajstić information content (AvgIpc) is 2.47. The minimum atomic E-state index is -0.244. The van der Waals surface area contributed by atoms with Crippen LogP contribution in [0, 0.1) is 0 Å². The first-order valence-electron chi connectivity index (χ1n) is 6.61. The smallest absolute Gasteiger partial charge is 0.245 e. The predicted octanol–water partition coefficient (Wildman–Crippen LogP) is 2.64. The summed E-state index contributed by atoms with van der Waals surface area (Å²) in [6.07, 6.45) is 7.31. The Hall–Kier alpha value is -2.03. The second kappa shape index (κ2) is 4.57. The van der Waals surface area contributed by atoms with Crippen LogP contribution in [0.1, 0.15) is 18.4 Å². The zero-order chi connectivity index (χ0) is 13.3. The van der Waals surface area contributed by atoms with Gasteiger partial charge in [0.1, 0.15) is 11.4 Å². The number of para-hydroxylation sites is 1. The van der Waals surface area contributed by atoms with Crippen molar-refractivity contribution in [3.63, 3.8) is 0 Å². The van der Waals surface area contributed by atoms with Gasteiger partial charge in [0, 0.05) is 31.5 Å². The quantitative estimate of drug-likeness (QED) is 0.722. The lowest BCUT2D eigenvalue weighted by Gasteiger charge is -2.41. The zero-order valence-electron chi connectivity index (χ0n) is 10.8. The molecular formula is C16H17NO2. The lowest BCUT2D eigenvalue weighted by atomic mass is 9.88. The van der Waals surface area contributed by atoms with Crippen LogP contribution in [-0.4, -0.2) is 29.5 Å². The molecule has 1 amide bonds. The predicted molar refractivity (Wildman–Crippen MR) is 74.8 cm³/mol. The minimum absolute atomic E-state index is 0.00930. The highest BCUT2D eigenvalue weighted by molar-refractivity contribution is 5.87. The summed E-state index contributed by atoms with van der Waals surface area (Å²) >= 11 is 0. The number of carbonyl (C=O) groups excluding carboxylic acids is 1. The molecule has 3 heteroatoms. The Morgan fingerprint density at radius 1 is 1.32 bits per heavy atom. The average molecular weight is 255 g/mol. The molecule has 0 atom stereocenters. The fourth-order valence-corrected chi connectivity index (χ4v) is 2.71. The van der Waals surface area contributed by atoms with Crippen molar-refractivity contribution in [2.24, 2.45) is 0 Å². The normalized spacial score (nSPS) is 19.7. The number of likely N-dealkylation sites (tertiary alicyclic amines) is 1. The SMILES string of the molecule is C=CC(=O)N1CCC2(C=Cc3ccccc3O2)CC1. The van der Waals surface area contributed by atoms with Crippen LogP contribution in [0.25, 0.3) is 6.08 Å². The second-order valence-electron chi connectivity index (χ2n) is 5.07. The number of nitrogens with zero attached hydrogens (tertiary/aromatic N) is 1. The third kappa shape index (κ3) is 2.16. The highest BCUT2D eigenvalue weighted by atomic mass is 16.5. The topological polar surface area (TPSA) is 29.5 Å². The van der Waals surface area contributed by atoms with Gasteiger partial charge in [-0.15, -0.1) is 0 Å². The highest BCUT2D eigenvalue weighted by Crippen LogP contribution is 2.36. The summed E-state index contributed by atoms with van der Waals surface area (Å²) in [7, 11) is 0. The molecule has 0 unspecified atom stereocenters. The van der Waals surface area contributed by atoms with Crippen molar-refractivity contribution in [1.29, 1.82) is 0 Å². The van der Waals surface area contributed by atoms with Crippen molar-refractivity contribution in [2.45, 2.75) is 18.4 Å². The molecular weight excluding hydrogens is 238 g/mol. The molecule has 3 rings (SSSR count). The van der Waals surface area contributed by atoms with Crippen molar-refractivity contribution in [2.75, 3.05) is 13.1 Å². The number of carbonyl (C=O) groups is 1. The molecule has 19 heavy (non-hydrogen) atoms. The van der Waals surface area contributed by atoms with Crippen molar-refractivity contribution in [3.05, 3.63) is 48.6 Å². The molecule has 0 aromatic heterocycles. The van der Waals surface area contributed by atoms with Gasteiger partial charge in [0.15, 0.2) is 0 Å². The van der Waals surface area contributed by atoms with E-state index in [0.29, 0.717) is 0 Å². The molecule has 2 heterocycles. The fraction of sp³-hybridized carbons (Fsp3) is 0.312. The van der Waals surface area contributed by atoms with Crippen LogP contribution >= 0.6 is 0 Å². The van der Waals surface area contributed by atoms with Crippen LogP contribution in [0.5, 0.6) is 5.75 Å². The van der Waals surface area contributed by atoms with Crippen molar-refractivity contribution in [3.8, 4) is 5.75 Å². The molecule has 3 nitrogen and oxygen atoms in total. The monoisotopic (exact) mass is 255 g/mol.